The lowest BCUT2D eigenvalue weighted by atomic mass is 10.6. The molecule has 0 aromatic carbocycles. The van der Waals surface area contributed by atoms with Crippen molar-refractivity contribution >= 4 is 42.3 Å². The van der Waals surface area contributed by atoms with Gasteiger partial charge in [0.05, 0.1) is 0 Å². The van der Waals surface area contributed by atoms with Crippen LogP contribution in [0.3, 0.4) is 0 Å². The van der Waals surface area contributed by atoms with E-state index in [4.69, 9.17) is 0 Å². The molecule has 0 rings (SSSR count). The van der Waals surface area contributed by atoms with Crippen LogP contribution in [0.5, 0.6) is 0 Å². The maximum Gasteiger partial charge on any atom is 0.193 e. The molecule has 0 atom stereocenters. The van der Waals surface area contributed by atoms with E-state index in [0.29, 0.717) is 6.42 Å². The average molecular weight is 263 g/mol. The van der Waals surface area contributed by atoms with Crippen LogP contribution in [0, 0.1) is 0 Å². The van der Waals surface area contributed by atoms with Gasteiger partial charge in [0, 0.05) is 11.8 Å². The highest BCUT2D eigenvalue weighted by atomic mass is 127. The number of halogens is 2. The molecule has 0 amide bonds. The van der Waals surface area contributed by atoms with Crippen LogP contribution in [-0.2, 0) is 4.79 Å². The van der Waals surface area contributed by atoms with Gasteiger partial charge in [0.25, 0.3) is 0 Å². The van der Waals surface area contributed by atoms with E-state index in [-0.39, 0.29) is 3.79 Å². The topological polar surface area (TPSA) is 17.1 Å². The van der Waals surface area contributed by atoms with Crippen molar-refractivity contribution in [2.75, 3.05) is 5.33 Å². The zero-order valence-corrected chi connectivity index (χ0v) is 6.82. The molecule has 0 N–H and O–H groups in total. The van der Waals surface area contributed by atoms with Gasteiger partial charge in [-0.15, -0.1) is 0 Å². The van der Waals surface area contributed by atoms with Gasteiger partial charge in [-0.3, -0.25) is 4.79 Å². The molecule has 0 aliphatic rings. The Hall–Kier alpha value is 0.880. The zero-order chi connectivity index (χ0) is 4.99. The van der Waals surface area contributed by atoms with Gasteiger partial charge in [-0.25, -0.2) is 0 Å². The van der Waals surface area contributed by atoms with Crippen LogP contribution in [0.15, 0.2) is 0 Å². The van der Waals surface area contributed by atoms with E-state index in [1.165, 1.54) is 0 Å². The average Bonchev–Trinajstić information content (AvgIpc) is 1.35. The third-order valence-electron chi connectivity index (χ3n) is 0.291. The Kier molecular flexibility index (Phi) is 4.64. The second-order valence-corrected chi connectivity index (χ2v) is 2.79. The molecule has 3 heteroatoms. The molecule has 0 saturated heterocycles. The van der Waals surface area contributed by atoms with Gasteiger partial charge in [0.15, 0.2) is 3.79 Å². The SMILES string of the molecule is O=C(I)CCBr. The monoisotopic (exact) mass is 262 g/mol. The third-order valence-corrected chi connectivity index (χ3v) is 1.23. The Morgan fingerprint density at radius 1 is 1.83 bits per heavy atom. The second kappa shape index (κ2) is 4.05. The van der Waals surface area contributed by atoms with Crippen LogP contribution < -0.4 is 0 Å². The van der Waals surface area contributed by atoms with Crippen LogP contribution in [0.2, 0.25) is 0 Å². The summed E-state index contributed by atoms with van der Waals surface area (Å²) in [7, 11) is 0. The first-order chi connectivity index (χ1) is 2.77. The summed E-state index contributed by atoms with van der Waals surface area (Å²) in [6.07, 6.45) is 0.639. The van der Waals surface area contributed by atoms with E-state index in [1.807, 2.05) is 0 Å². The van der Waals surface area contributed by atoms with E-state index in [2.05, 4.69) is 15.9 Å². The molecular weight excluding hydrogens is 259 g/mol. The van der Waals surface area contributed by atoms with Crippen molar-refractivity contribution in [3.63, 3.8) is 0 Å². The molecule has 0 unspecified atom stereocenters. The van der Waals surface area contributed by atoms with E-state index in [9.17, 15) is 4.79 Å². The zero-order valence-electron chi connectivity index (χ0n) is 3.08. The summed E-state index contributed by atoms with van der Waals surface area (Å²) in [5.74, 6) is 0. The molecule has 0 spiro atoms. The largest absolute Gasteiger partial charge is 0.288 e. The summed E-state index contributed by atoms with van der Waals surface area (Å²) in [6.45, 7) is 0. The van der Waals surface area contributed by atoms with Crippen molar-refractivity contribution in [2.24, 2.45) is 0 Å². The predicted molar refractivity (Wildman–Crippen MR) is 37.4 cm³/mol. The quantitative estimate of drug-likeness (QED) is 0.421. The Morgan fingerprint density at radius 2 is 2.33 bits per heavy atom. The molecule has 0 saturated carbocycles. The van der Waals surface area contributed by atoms with Crippen molar-refractivity contribution in [3.8, 4) is 0 Å². The minimum Gasteiger partial charge on any atom is -0.288 e. The van der Waals surface area contributed by atoms with Crippen molar-refractivity contribution in [1.82, 2.24) is 0 Å². The van der Waals surface area contributed by atoms with Crippen molar-refractivity contribution in [3.05, 3.63) is 0 Å². The Labute approximate surface area is 58.8 Å². The Bertz CT molecular complexity index is 54.8. The predicted octanol–water partition coefficient (Wildman–Crippen LogP) is 1.73. The highest BCUT2D eigenvalue weighted by Crippen LogP contribution is 1.94. The summed E-state index contributed by atoms with van der Waals surface area (Å²) in [4.78, 5) is 10.0. The minimum absolute atomic E-state index is 0.212. The standard InChI is InChI=1S/C3H4BrIO/c4-2-1-3(5)6/h1-2H2. The first-order valence-electron chi connectivity index (χ1n) is 1.51. The molecule has 0 aliphatic carbocycles. The second-order valence-electron chi connectivity index (χ2n) is 0.794. The lowest BCUT2D eigenvalue weighted by molar-refractivity contribution is -0.109. The Balaban J connectivity index is 2.83. The maximum atomic E-state index is 10.0. The molecule has 1 nitrogen and oxygen atoms in total. The summed E-state index contributed by atoms with van der Waals surface area (Å²) in [5, 5.41) is 0.786. The van der Waals surface area contributed by atoms with Crippen LogP contribution in [0.1, 0.15) is 6.42 Å². The molecule has 0 aromatic heterocycles. The fraction of sp³-hybridized carbons (Fsp3) is 0.667. The fourth-order valence-corrected chi connectivity index (χ4v) is 1.45. The number of hydrogen-bond acceptors (Lipinski definition) is 1. The fourth-order valence-electron chi connectivity index (χ4n) is 0.0743. The van der Waals surface area contributed by atoms with Gasteiger partial charge in [0.1, 0.15) is 0 Å². The van der Waals surface area contributed by atoms with Crippen LogP contribution in [-0.4, -0.2) is 9.12 Å². The van der Waals surface area contributed by atoms with Crippen LogP contribution in [0.4, 0.5) is 0 Å². The third kappa shape index (κ3) is 4.88. The van der Waals surface area contributed by atoms with Gasteiger partial charge in [-0.1, -0.05) is 15.9 Å². The van der Waals surface area contributed by atoms with Gasteiger partial charge in [-0.2, -0.15) is 0 Å². The normalized spacial score (nSPS) is 8.33. The molecule has 0 heterocycles. The number of carbonyl (C=O) groups is 1. The van der Waals surface area contributed by atoms with Crippen molar-refractivity contribution in [2.45, 2.75) is 6.42 Å². The summed E-state index contributed by atoms with van der Waals surface area (Å²) in [6, 6.07) is 0. The summed E-state index contributed by atoms with van der Waals surface area (Å²) < 4.78 is 0.212. The van der Waals surface area contributed by atoms with Crippen molar-refractivity contribution in [1.29, 1.82) is 0 Å². The van der Waals surface area contributed by atoms with E-state index >= 15 is 0 Å². The van der Waals surface area contributed by atoms with E-state index < -0.39 is 0 Å². The molecule has 0 aromatic rings. The first kappa shape index (κ1) is 6.88. The molecule has 0 radical (unpaired) electrons. The smallest absolute Gasteiger partial charge is 0.193 e. The molecular formula is C3H4BrIO. The van der Waals surface area contributed by atoms with Gasteiger partial charge >= 0.3 is 0 Å². The number of hydrogen-bond donors (Lipinski definition) is 0. The minimum atomic E-state index is 0.212. The number of alkyl halides is 1. The van der Waals surface area contributed by atoms with E-state index in [1.54, 1.807) is 22.6 Å². The van der Waals surface area contributed by atoms with Gasteiger partial charge in [0.2, 0.25) is 0 Å². The Morgan fingerprint density at radius 3 is 2.33 bits per heavy atom. The van der Waals surface area contributed by atoms with Gasteiger partial charge < -0.3 is 0 Å². The maximum absolute atomic E-state index is 10.0. The molecule has 36 valence electrons. The molecule has 0 aliphatic heterocycles. The number of rotatable bonds is 2. The molecule has 0 bridgehead atoms. The van der Waals surface area contributed by atoms with E-state index in [0.717, 1.165) is 5.33 Å². The summed E-state index contributed by atoms with van der Waals surface area (Å²) >= 11 is 4.90. The van der Waals surface area contributed by atoms with Crippen LogP contribution in [0.25, 0.3) is 0 Å². The first-order valence-corrected chi connectivity index (χ1v) is 3.71. The lowest BCUT2D eigenvalue weighted by Gasteiger charge is -1.77. The highest BCUT2D eigenvalue weighted by Gasteiger charge is 1.87. The highest BCUT2D eigenvalue weighted by molar-refractivity contribution is 14.1. The van der Waals surface area contributed by atoms with Crippen LogP contribution >= 0.6 is 38.5 Å². The van der Waals surface area contributed by atoms with Crippen molar-refractivity contribution < 1.29 is 4.79 Å². The molecule has 6 heavy (non-hydrogen) atoms. The lowest BCUT2D eigenvalue weighted by Crippen LogP contribution is -1.82. The van der Waals surface area contributed by atoms with Gasteiger partial charge in [-0.05, 0) is 22.6 Å². The molecule has 0 fully saturated rings. The summed E-state index contributed by atoms with van der Waals surface area (Å²) in [5.41, 5.74) is 0. The number of carbonyl (C=O) groups excluding carboxylic acids is 1.